The minimum atomic E-state index is 0.359. The molecule has 1 aromatic carbocycles. The Morgan fingerprint density at radius 1 is 1.29 bits per heavy atom. The monoisotopic (exact) mass is 352 g/mol. The standard InChI is InChI=1S/C15H17ClN2O2.CH4N2O/c1-3-19-14-6-4-5-13(17-2)11(14)10-20-15-9-18-8-7-12(15)16;2-3-1-4/h4-9,17H,3,10H2,1-2H3;1H,2H2,(H,3,4). The molecule has 1 aromatic heterocycles. The molecule has 130 valence electrons. The van der Waals surface area contributed by atoms with Gasteiger partial charge in [0, 0.05) is 18.9 Å². The minimum absolute atomic E-state index is 0.359. The van der Waals surface area contributed by atoms with E-state index in [2.05, 4.69) is 16.1 Å². The van der Waals surface area contributed by atoms with Gasteiger partial charge in [-0.2, -0.15) is 0 Å². The van der Waals surface area contributed by atoms with Gasteiger partial charge in [0.05, 0.1) is 23.4 Å². The van der Waals surface area contributed by atoms with E-state index in [9.17, 15) is 0 Å². The van der Waals surface area contributed by atoms with Crippen molar-refractivity contribution in [2.45, 2.75) is 13.5 Å². The second-order valence-corrected chi connectivity index (χ2v) is 4.75. The van der Waals surface area contributed by atoms with Crippen LogP contribution < -0.4 is 26.1 Å². The molecule has 0 aliphatic heterocycles. The lowest BCUT2D eigenvalue weighted by Gasteiger charge is -2.15. The van der Waals surface area contributed by atoms with E-state index in [0.29, 0.717) is 30.4 Å². The van der Waals surface area contributed by atoms with Gasteiger partial charge < -0.3 is 14.8 Å². The molecule has 8 heteroatoms. The number of nitrogens with one attached hydrogen (secondary N) is 2. The molecule has 24 heavy (non-hydrogen) atoms. The van der Waals surface area contributed by atoms with E-state index >= 15 is 0 Å². The Hall–Kier alpha value is -2.51. The summed E-state index contributed by atoms with van der Waals surface area (Å²) in [5.74, 6) is 5.77. The zero-order chi connectivity index (χ0) is 17.8. The van der Waals surface area contributed by atoms with Crippen LogP contribution in [0.1, 0.15) is 12.5 Å². The molecule has 1 amide bonds. The molecule has 0 saturated heterocycles. The second-order valence-electron chi connectivity index (χ2n) is 4.34. The largest absolute Gasteiger partial charge is 0.493 e. The Kier molecular flexibility index (Phi) is 9.03. The molecule has 0 radical (unpaired) electrons. The molecular formula is C16H21ClN4O3. The van der Waals surface area contributed by atoms with Crippen molar-refractivity contribution in [1.82, 2.24) is 10.4 Å². The molecule has 0 aliphatic carbocycles. The first-order valence-corrected chi connectivity index (χ1v) is 7.60. The van der Waals surface area contributed by atoms with Crippen LogP contribution in [0.25, 0.3) is 0 Å². The fourth-order valence-corrected chi connectivity index (χ4v) is 2.02. The normalized spacial score (nSPS) is 9.33. The number of pyridine rings is 1. The van der Waals surface area contributed by atoms with Gasteiger partial charge in [-0.1, -0.05) is 17.7 Å². The SMILES string of the molecule is CCOc1cccc(NC)c1COc1cnccc1Cl.NNC=O. The first-order valence-electron chi connectivity index (χ1n) is 7.22. The average molecular weight is 353 g/mol. The molecule has 2 rings (SSSR count). The molecule has 0 spiro atoms. The van der Waals surface area contributed by atoms with Crippen molar-refractivity contribution in [3.05, 3.63) is 47.2 Å². The van der Waals surface area contributed by atoms with Crippen molar-refractivity contribution >= 4 is 23.7 Å². The predicted octanol–water partition coefficient (Wildman–Crippen LogP) is 2.36. The maximum absolute atomic E-state index is 8.94. The quantitative estimate of drug-likeness (QED) is 0.306. The van der Waals surface area contributed by atoms with Gasteiger partial charge in [0.2, 0.25) is 6.41 Å². The summed E-state index contributed by atoms with van der Waals surface area (Å²) in [6.07, 6.45) is 3.63. The molecule has 2 aromatic rings. The zero-order valence-electron chi connectivity index (χ0n) is 13.6. The van der Waals surface area contributed by atoms with Crippen LogP contribution in [0, 0.1) is 0 Å². The number of benzene rings is 1. The number of carbonyl (C=O) groups is 1. The topological polar surface area (TPSA) is 98.5 Å². The number of hydrazine groups is 1. The van der Waals surface area contributed by atoms with Crippen LogP contribution in [0.2, 0.25) is 5.02 Å². The first-order chi connectivity index (χ1) is 11.7. The highest BCUT2D eigenvalue weighted by Gasteiger charge is 2.10. The summed E-state index contributed by atoms with van der Waals surface area (Å²) in [6, 6.07) is 7.54. The van der Waals surface area contributed by atoms with E-state index in [1.165, 1.54) is 0 Å². The van der Waals surface area contributed by atoms with Crippen molar-refractivity contribution in [3.8, 4) is 11.5 Å². The van der Waals surface area contributed by atoms with E-state index in [1.54, 1.807) is 23.9 Å². The van der Waals surface area contributed by atoms with Gasteiger partial charge in [0.15, 0.2) is 5.75 Å². The lowest BCUT2D eigenvalue weighted by molar-refractivity contribution is -0.109. The fourth-order valence-electron chi connectivity index (χ4n) is 1.86. The Balaban J connectivity index is 0.000000648. The number of nitrogens with two attached hydrogens (primary N) is 1. The lowest BCUT2D eigenvalue weighted by atomic mass is 10.1. The van der Waals surface area contributed by atoms with Crippen LogP contribution in [-0.4, -0.2) is 25.0 Å². The number of hydrogen-bond donors (Lipinski definition) is 3. The third-order valence-corrected chi connectivity index (χ3v) is 3.19. The van der Waals surface area contributed by atoms with Gasteiger partial charge in [0.25, 0.3) is 0 Å². The van der Waals surface area contributed by atoms with Crippen LogP contribution in [0.4, 0.5) is 5.69 Å². The maximum atomic E-state index is 8.94. The van der Waals surface area contributed by atoms with E-state index in [4.69, 9.17) is 25.9 Å². The van der Waals surface area contributed by atoms with Crippen molar-refractivity contribution < 1.29 is 14.3 Å². The van der Waals surface area contributed by atoms with Gasteiger partial charge in [-0.25, -0.2) is 5.84 Å². The molecule has 1 heterocycles. The molecule has 0 unspecified atom stereocenters. The number of aromatic nitrogens is 1. The molecular weight excluding hydrogens is 332 g/mol. The van der Waals surface area contributed by atoms with Gasteiger partial charge >= 0.3 is 0 Å². The Bertz CT molecular complexity index is 640. The number of ether oxygens (including phenoxy) is 2. The van der Waals surface area contributed by atoms with Crippen LogP contribution in [0.3, 0.4) is 0 Å². The third kappa shape index (κ3) is 5.94. The summed E-state index contributed by atoms with van der Waals surface area (Å²) < 4.78 is 11.4. The first kappa shape index (κ1) is 19.5. The predicted molar refractivity (Wildman–Crippen MR) is 94.1 cm³/mol. The molecule has 0 atom stereocenters. The highest BCUT2D eigenvalue weighted by molar-refractivity contribution is 6.31. The van der Waals surface area contributed by atoms with Gasteiger partial charge in [0.1, 0.15) is 12.4 Å². The van der Waals surface area contributed by atoms with Crippen molar-refractivity contribution in [1.29, 1.82) is 0 Å². The Morgan fingerprint density at radius 2 is 2.04 bits per heavy atom. The van der Waals surface area contributed by atoms with E-state index in [1.807, 2.05) is 32.2 Å². The highest BCUT2D eigenvalue weighted by atomic mass is 35.5. The highest BCUT2D eigenvalue weighted by Crippen LogP contribution is 2.29. The second kappa shape index (κ2) is 11.1. The zero-order valence-corrected chi connectivity index (χ0v) is 14.3. The molecule has 0 saturated carbocycles. The number of nitrogens with zero attached hydrogens (tertiary/aromatic N) is 1. The average Bonchev–Trinajstić information content (AvgIpc) is 2.62. The summed E-state index contributed by atoms with van der Waals surface area (Å²) in [7, 11) is 1.87. The van der Waals surface area contributed by atoms with Gasteiger partial charge in [-0.05, 0) is 25.1 Å². The van der Waals surface area contributed by atoms with Crippen LogP contribution in [0.15, 0.2) is 36.7 Å². The molecule has 0 bridgehead atoms. The van der Waals surface area contributed by atoms with Crippen LogP contribution >= 0.6 is 11.6 Å². The number of hydrogen-bond acceptors (Lipinski definition) is 6. The maximum Gasteiger partial charge on any atom is 0.221 e. The number of carbonyl (C=O) groups excluding carboxylic acids is 1. The molecule has 7 nitrogen and oxygen atoms in total. The van der Waals surface area contributed by atoms with E-state index < -0.39 is 0 Å². The molecule has 4 N–H and O–H groups in total. The number of amides is 1. The van der Waals surface area contributed by atoms with Crippen LogP contribution in [-0.2, 0) is 11.4 Å². The number of anilines is 1. The van der Waals surface area contributed by atoms with E-state index in [0.717, 1.165) is 17.0 Å². The molecule has 0 fully saturated rings. The van der Waals surface area contributed by atoms with Crippen molar-refractivity contribution in [2.75, 3.05) is 19.0 Å². The number of halogens is 1. The fraction of sp³-hybridized carbons (Fsp3) is 0.250. The Labute approximate surface area is 146 Å². The minimum Gasteiger partial charge on any atom is -0.493 e. The number of rotatable bonds is 7. The summed E-state index contributed by atoms with van der Waals surface area (Å²) in [6.45, 7) is 2.92. The van der Waals surface area contributed by atoms with Gasteiger partial charge in [-0.15, -0.1) is 0 Å². The molecule has 0 aliphatic rings. The Morgan fingerprint density at radius 3 is 2.62 bits per heavy atom. The summed E-state index contributed by atoms with van der Waals surface area (Å²) in [5.41, 5.74) is 3.67. The van der Waals surface area contributed by atoms with E-state index in [-0.39, 0.29) is 0 Å². The van der Waals surface area contributed by atoms with Crippen molar-refractivity contribution in [3.63, 3.8) is 0 Å². The van der Waals surface area contributed by atoms with Crippen molar-refractivity contribution in [2.24, 2.45) is 5.84 Å². The lowest BCUT2D eigenvalue weighted by Crippen LogP contribution is -2.18. The smallest absolute Gasteiger partial charge is 0.221 e. The summed E-state index contributed by atoms with van der Waals surface area (Å²) >= 11 is 6.05. The third-order valence-electron chi connectivity index (χ3n) is 2.88. The summed E-state index contributed by atoms with van der Waals surface area (Å²) in [5, 5.41) is 3.68. The van der Waals surface area contributed by atoms with Crippen LogP contribution in [0.5, 0.6) is 11.5 Å². The summed E-state index contributed by atoms with van der Waals surface area (Å²) in [4.78, 5) is 12.9. The van der Waals surface area contributed by atoms with Gasteiger partial charge in [-0.3, -0.25) is 15.2 Å².